The van der Waals surface area contributed by atoms with Crippen molar-refractivity contribution in [3.05, 3.63) is 35.9 Å². The van der Waals surface area contributed by atoms with Gasteiger partial charge in [-0.15, -0.1) is 0 Å². The molecule has 2 aliphatic rings. The standard InChI is InChI=1S/C14H16N2O2/c17-12-14(8-4-5-9-14)16(13(18)15-12)10-11-6-2-1-3-7-11/h1-3,6-7H,4-5,8-10H2,(H,15,17,18). The maximum Gasteiger partial charge on any atom is 0.325 e. The van der Waals surface area contributed by atoms with Gasteiger partial charge in [0.25, 0.3) is 5.91 Å². The van der Waals surface area contributed by atoms with Crippen molar-refractivity contribution in [1.82, 2.24) is 10.2 Å². The van der Waals surface area contributed by atoms with Crippen molar-refractivity contribution in [3.8, 4) is 0 Å². The average molecular weight is 244 g/mol. The molecule has 1 spiro atoms. The zero-order valence-corrected chi connectivity index (χ0v) is 10.2. The van der Waals surface area contributed by atoms with Crippen LogP contribution < -0.4 is 5.32 Å². The number of carbonyl (C=O) groups excluding carboxylic acids is 2. The number of carbonyl (C=O) groups is 2. The Morgan fingerprint density at radius 1 is 1.11 bits per heavy atom. The second-order valence-electron chi connectivity index (χ2n) is 5.07. The normalized spacial score (nSPS) is 21.7. The maximum atomic E-state index is 12.0. The van der Waals surface area contributed by atoms with Crippen LogP contribution >= 0.6 is 0 Å². The van der Waals surface area contributed by atoms with E-state index in [2.05, 4.69) is 5.32 Å². The Morgan fingerprint density at radius 3 is 2.44 bits per heavy atom. The molecule has 1 aliphatic heterocycles. The molecule has 1 saturated carbocycles. The van der Waals surface area contributed by atoms with E-state index in [1.54, 1.807) is 4.90 Å². The molecule has 0 atom stereocenters. The number of urea groups is 1. The number of imide groups is 1. The second kappa shape index (κ2) is 4.12. The maximum absolute atomic E-state index is 12.0. The zero-order valence-electron chi connectivity index (χ0n) is 10.2. The van der Waals surface area contributed by atoms with Crippen LogP contribution in [0.4, 0.5) is 4.79 Å². The Kier molecular flexibility index (Phi) is 2.58. The lowest BCUT2D eigenvalue weighted by molar-refractivity contribution is -0.126. The van der Waals surface area contributed by atoms with Gasteiger partial charge in [-0.25, -0.2) is 4.79 Å². The summed E-state index contributed by atoms with van der Waals surface area (Å²) in [7, 11) is 0. The number of amides is 3. The zero-order chi connectivity index (χ0) is 12.6. The first-order valence-electron chi connectivity index (χ1n) is 6.39. The Labute approximate surface area is 106 Å². The molecule has 1 N–H and O–H groups in total. The van der Waals surface area contributed by atoms with Crippen molar-refractivity contribution < 1.29 is 9.59 Å². The first-order valence-corrected chi connectivity index (χ1v) is 6.39. The molecule has 3 rings (SSSR count). The third-order valence-electron chi connectivity index (χ3n) is 4.02. The molecule has 1 aromatic carbocycles. The first-order chi connectivity index (χ1) is 8.72. The molecule has 18 heavy (non-hydrogen) atoms. The highest BCUT2D eigenvalue weighted by molar-refractivity contribution is 6.07. The van der Waals surface area contributed by atoms with E-state index in [1.807, 2.05) is 30.3 Å². The summed E-state index contributed by atoms with van der Waals surface area (Å²) in [6.07, 6.45) is 3.62. The lowest BCUT2D eigenvalue weighted by atomic mass is 9.95. The van der Waals surface area contributed by atoms with Crippen molar-refractivity contribution in [1.29, 1.82) is 0 Å². The summed E-state index contributed by atoms with van der Waals surface area (Å²) in [5, 5.41) is 2.47. The summed E-state index contributed by atoms with van der Waals surface area (Å²) in [5.74, 6) is -0.110. The van der Waals surface area contributed by atoms with Crippen LogP contribution in [0.2, 0.25) is 0 Å². The predicted octanol–water partition coefficient (Wildman–Crippen LogP) is 2.05. The minimum absolute atomic E-state index is 0.110. The Balaban J connectivity index is 1.89. The quantitative estimate of drug-likeness (QED) is 0.809. The van der Waals surface area contributed by atoms with Crippen LogP contribution in [0, 0.1) is 0 Å². The first kappa shape index (κ1) is 11.3. The van der Waals surface area contributed by atoms with Gasteiger partial charge in [-0.05, 0) is 18.4 Å². The molecular formula is C14H16N2O2. The highest BCUT2D eigenvalue weighted by Crippen LogP contribution is 2.39. The second-order valence-corrected chi connectivity index (χ2v) is 5.07. The van der Waals surface area contributed by atoms with Gasteiger partial charge in [-0.2, -0.15) is 0 Å². The van der Waals surface area contributed by atoms with Gasteiger partial charge < -0.3 is 4.90 Å². The fraction of sp³-hybridized carbons (Fsp3) is 0.429. The van der Waals surface area contributed by atoms with E-state index < -0.39 is 5.54 Å². The van der Waals surface area contributed by atoms with Gasteiger partial charge in [0, 0.05) is 6.54 Å². The molecule has 94 valence electrons. The number of nitrogens with one attached hydrogen (secondary N) is 1. The Morgan fingerprint density at radius 2 is 1.78 bits per heavy atom. The number of rotatable bonds is 2. The van der Waals surface area contributed by atoms with Crippen molar-refractivity contribution in [2.45, 2.75) is 37.8 Å². The Hall–Kier alpha value is -1.84. The summed E-state index contributed by atoms with van der Waals surface area (Å²) in [6, 6.07) is 9.58. The molecule has 3 amide bonds. The van der Waals surface area contributed by atoms with E-state index in [0.29, 0.717) is 6.54 Å². The lowest BCUT2D eigenvalue weighted by Crippen LogP contribution is -2.46. The van der Waals surface area contributed by atoms with E-state index in [9.17, 15) is 9.59 Å². The molecule has 1 aliphatic carbocycles. The third-order valence-corrected chi connectivity index (χ3v) is 4.02. The van der Waals surface area contributed by atoms with Crippen LogP contribution in [0.3, 0.4) is 0 Å². The minimum atomic E-state index is -0.576. The molecule has 0 aromatic heterocycles. The molecular weight excluding hydrogens is 228 g/mol. The van der Waals surface area contributed by atoms with Gasteiger partial charge in [0.2, 0.25) is 0 Å². The van der Waals surface area contributed by atoms with Crippen LogP contribution in [-0.2, 0) is 11.3 Å². The van der Waals surface area contributed by atoms with E-state index >= 15 is 0 Å². The molecule has 4 nitrogen and oxygen atoms in total. The van der Waals surface area contributed by atoms with E-state index in [0.717, 1.165) is 31.2 Å². The van der Waals surface area contributed by atoms with Crippen molar-refractivity contribution in [2.75, 3.05) is 0 Å². The number of nitrogens with zero attached hydrogens (tertiary/aromatic N) is 1. The van der Waals surface area contributed by atoms with Gasteiger partial charge in [-0.1, -0.05) is 43.2 Å². The third kappa shape index (κ3) is 1.60. The molecule has 1 aromatic rings. The summed E-state index contributed by atoms with van der Waals surface area (Å²) in [6.45, 7) is 0.512. The minimum Gasteiger partial charge on any atom is -0.305 e. The number of hydrogen-bond acceptors (Lipinski definition) is 2. The summed E-state index contributed by atoms with van der Waals surface area (Å²) >= 11 is 0. The van der Waals surface area contributed by atoms with Crippen LogP contribution in [0.1, 0.15) is 31.2 Å². The van der Waals surface area contributed by atoms with Crippen molar-refractivity contribution in [3.63, 3.8) is 0 Å². The predicted molar refractivity (Wildman–Crippen MR) is 66.7 cm³/mol. The fourth-order valence-electron chi connectivity index (χ4n) is 3.04. The largest absolute Gasteiger partial charge is 0.325 e. The fourth-order valence-corrected chi connectivity index (χ4v) is 3.04. The van der Waals surface area contributed by atoms with Gasteiger partial charge in [-0.3, -0.25) is 10.1 Å². The van der Waals surface area contributed by atoms with Crippen LogP contribution in [0.5, 0.6) is 0 Å². The summed E-state index contributed by atoms with van der Waals surface area (Å²) in [4.78, 5) is 25.7. The van der Waals surface area contributed by atoms with Crippen LogP contribution in [0.15, 0.2) is 30.3 Å². The average Bonchev–Trinajstić information content (AvgIpc) is 2.94. The van der Waals surface area contributed by atoms with Gasteiger partial charge >= 0.3 is 6.03 Å². The SMILES string of the molecule is O=C1NC(=O)C2(CCCC2)N1Cc1ccccc1. The van der Waals surface area contributed by atoms with Crippen molar-refractivity contribution in [2.24, 2.45) is 0 Å². The lowest BCUT2D eigenvalue weighted by Gasteiger charge is -2.31. The molecule has 0 radical (unpaired) electrons. The van der Waals surface area contributed by atoms with Crippen LogP contribution in [-0.4, -0.2) is 22.4 Å². The van der Waals surface area contributed by atoms with E-state index in [1.165, 1.54) is 0 Å². The summed E-state index contributed by atoms with van der Waals surface area (Å²) in [5.41, 5.74) is 0.487. The highest BCUT2D eigenvalue weighted by Gasteiger charge is 2.53. The Bertz CT molecular complexity index is 478. The molecule has 1 heterocycles. The molecule has 0 bridgehead atoms. The van der Waals surface area contributed by atoms with E-state index in [-0.39, 0.29) is 11.9 Å². The van der Waals surface area contributed by atoms with E-state index in [4.69, 9.17) is 0 Å². The summed E-state index contributed by atoms with van der Waals surface area (Å²) < 4.78 is 0. The van der Waals surface area contributed by atoms with Gasteiger partial charge in [0.1, 0.15) is 5.54 Å². The number of benzene rings is 1. The number of hydrogen-bond donors (Lipinski definition) is 1. The molecule has 4 heteroatoms. The highest BCUT2D eigenvalue weighted by atomic mass is 16.2. The smallest absolute Gasteiger partial charge is 0.305 e. The van der Waals surface area contributed by atoms with Crippen molar-refractivity contribution >= 4 is 11.9 Å². The molecule has 0 unspecified atom stereocenters. The van der Waals surface area contributed by atoms with Gasteiger partial charge in [0.05, 0.1) is 0 Å². The monoisotopic (exact) mass is 244 g/mol. The van der Waals surface area contributed by atoms with Gasteiger partial charge in [0.15, 0.2) is 0 Å². The topological polar surface area (TPSA) is 49.4 Å². The molecule has 1 saturated heterocycles. The van der Waals surface area contributed by atoms with Crippen LogP contribution in [0.25, 0.3) is 0 Å². The molecule has 2 fully saturated rings.